The van der Waals surface area contributed by atoms with Crippen molar-refractivity contribution in [3.05, 3.63) is 94.8 Å². The van der Waals surface area contributed by atoms with Gasteiger partial charge in [-0.3, -0.25) is 0 Å². The molecule has 2 heteroatoms. The minimum atomic E-state index is 0.814. The highest BCUT2D eigenvalue weighted by atomic mass is 35.5. The fourth-order valence-electron chi connectivity index (χ4n) is 2.38. The van der Waals surface area contributed by atoms with Gasteiger partial charge in [-0.15, -0.1) is 0 Å². The number of benzene rings is 2. The number of aromatic nitrogens is 1. The van der Waals surface area contributed by atoms with E-state index < -0.39 is 0 Å². The SMILES string of the molecule is Clc1ccccc1Cn1cccc1Cc1ccccc1. The molecule has 0 amide bonds. The highest BCUT2D eigenvalue weighted by Crippen LogP contribution is 2.18. The summed E-state index contributed by atoms with van der Waals surface area (Å²) >= 11 is 6.24. The van der Waals surface area contributed by atoms with E-state index in [1.54, 1.807) is 0 Å². The predicted molar refractivity (Wildman–Crippen MR) is 84.2 cm³/mol. The number of rotatable bonds is 4. The van der Waals surface area contributed by atoms with Gasteiger partial charge in [0.05, 0.1) is 0 Å². The zero-order valence-corrected chi connectivity index (χ0v) is 11.9. The Hall–Kier alpha value is -1.99. The molecule has 0 unspecified atom stereocenters. The molecule has 3 aromatic rings. The quantitative estimate of drug-likeness (QED) is 0.648. The summed E-state index contributed by atoms with van der Waals surface area (Å²) in [4.78, 5) is 0. The lowest BCUT2D eigenvalue weighted by atomic mass is 10.1. The van der Waals surface area contributed by atoms with Crippen molar-refractivity contribution < 1.29 is 0 Å². The highest BCUT2D eigenvalue weighted by Gasteiger charge is 2.05. The van der Waals surface area contributed by atoms with Crippen molar-refractivity contribution in [2.75, 3.05) is 0 Å². The van der Waals surface area contributed by atoms with E-state index in [1.807, 2.05) is 24.3 Å². The van der Waals surface area contributed by atoms with Gasteiger partial charge in [-0.1, -0.05) is 60.1 Å². The Morgan fingerprint density at radius 2 is 1.55 bits per heavy atom. The summed E-state index contributed by atoms with van der Waals surface area (Å²) in [5, 5.41) is 0.826. The minimum absolute atomic E-state index is 0.814. The van der Waals surface area contributed by atoms with Gasteiger partial charge in [0.15, 0.2) is 0 Å². The van der Waals surface area contributed by atoms with Gasteiger partial charge in [0, 0.05) is 29.9 Å². The molecule has 0 N–H and O–H groups in total. The molecule has 0 atom stereocenters. The summed E-state index contributed by atoms with van der Waals surface area (Å²) in [6, 6.07) is 22.8. The van der Waals surface area contributed by atoms with E-state index in [4.69, 9.17) is 11.6 Å². The molecule has 0 aliphatic carbocycles. The van der Waals surface area contributed by atoms with Crippen molar-refractivity contribution in [3.8, 4) is 0 Å². The van der Waals surface area contributed by atoms with Crippen LogP contribution in [0.3, 0.4) is 0 Å². The fourth-order valence-corrected chi connectivity index (χ4v) is 2.57. The van der Waals surface area contributed by atoms with Crippen LogP contribution in [0.1, 0.15) is 16.8 Å². The third kappa shape index (κ3) is 2.94. The first-order valence-corrected chi connectivity index (χ1v) is 7.12. The van der Waals surface area contributed by atoms with Gasteiger partial charge >= 0.3 is 0 Å². The van der Waals surface area contributed by atoms with E-state index in [9.17, 15) is 0 Å². The first-order valence-electron chi connectivity index (χ1n) is 6.74. The van der Waals surface area contributed by atoms with Crippen LogP contribution in [0.4, 0.5) is 0 Å². The second kappa shape index (κ2) is 5.98. The fraction of sp³-hybridized carbons (Fsp3) is 0.111. The number of hydrogen-bond donors (Lipinski definition) is 0. The maximum atomic E-state index is 6.24. The Labute approximate surface area is 124 Å². The maximum Gasteiger partial charge on any atom is 0.0487 e. The zero-order chi connectivity index (χ0) is 13.8. The molecule has 0 aliphatic rings. The van der Waals surface area contributed by atoms with Crippen LogP contribution in [0.5, 0.6) is 0 Å². The van der Waals surface area contributed by atoms with Gasteiger partial charge < -0.3 is 4.57 Å². The van der Waals surface area contributed by atoms with Crippen LogP contribution in [0.15, 0.2) is 72.9 Å². The molecule has 0 aliphatic heterocycles. The average molecular weight is 282 g/mol. The number of hydrogen-bond acceptors (Lipinski definition) is 0. The Balaban J connectivity index is 1.82. The Kier molecular flexibility index (Phi) is 3.89. The molecule has 0 bridgehead atoms. The number of halogens is 1. The molecule has 2 aromatic carbocycles. The zero-order valence-electron chi connectivity index (χ0n) is 11.2. The standard InChI is InChI=1S/C18H16ClN/c19-18-11-5-4-9-16(18)14-20-12-6-10-17(20)13-15-7-2-1-3-8-15/h1-12H,13-14H2. The highest BCUT2D eigenvalue weighted by molar-refractivity contribution is 6.31. The molecular weight excluding hydrogens is 266 g/mol. The summed E-state index contributed by atoms with van der Waals surface area (Å²) in [5.41, 5.74) is 3.78. The Bertz CT molecular complexity index is 685. The molecule has 1 nitrogen and oxygen atoms in total. The van der Waals surface area contributed by atoms with Gasteiger partial charge in [-0.2, -0.15) is 0 Å². The largest absolute Gasteiger partial charge is 0.347 e. The molecule has 1 aromatic heterocycles. The molecule has 3 rings (SSSR count). The molecule has 0 saturated carbocycles. The minimum Gasteiger partial charge on any atom is -0.347 e. The predicted octanol–water partition coefficient (Wildman–Crippen LogP) is 4.78. The molecule has 20 heavy (non-hydrogen) atoms. The summed E-state index contributed by atoms with van der Waals surface area (Å²) in [7, 11) is 0. The average Bonchev–Trinajstić information content (AvgIpc) is 2.90. The van der Waals surface area contributed by atoms with Crippen molar-refractivity contribution in [1.82, 2.24) is 4.57 Å². The lowest BCUT2D eigenvalue weighted by molar-refractivity contribution is 0.758. The Morgan fingerprint density at radius 1 is 0.800 bits per heavy atom. The van der Waals surface area contributed by atoms with Gasteiger partial charge in [-0.25, -0.2) is 0 Å². The van der Waals surface area contributed by atoms with Crippen molar-refractivity contribution in [2.24, 2.45) is 0 Å². The summed E-state index contributed by atoms with van der Waals surface area (Å²) in [6.07, 6.45) is 3.06. The van der Waals surface area contributed by atoms with Crippen LogP contribution >= 0.6 is 11.6 Å². The van der Waals surface area contributed by atoms with Crippen LogP contribution in [-0.4, -0.2) is 4.57 Å². The maximum absolute atomic E-state index is 6.24. The lowest BCUT2D eigenvalue weighted by Gasteiger charge is -2.11. The summed E-state index contributed by atoms with van der Waals surface area (Å²) in [5.74, 6) is 0. The van der Waals surface area contributed by atoms with Crippen LogP contribution in [0.25, 0.3) is 0 Å². The van der Waals surface area contributed by atoms with Crippen LogP contribution in [-0.2, 0) is 13.0 Å². The normalized spacial score (nSPS) is 10.7. The van der Waals surface area contributed by atoms with Crippen LogP contribution in [0.2, 0.25) is 5.02 Å². The van der Waals surface area contributed by atoms with Gasteiger partial charge in [-0.05, 0) is 29.3 Å². The second-order valence-corrected chi connectivity index (χ2v) is 5.29. The van der Waals surface area contributed by atoms with Crippen molar-refractivity contribution >= 4 is 11.6 Å². The summed E-state index contributed by atoms with van der Waals surface area (Å²) in [6.45, 7) is 0.814. The Morgan fingerprint density at radius 3 is 2.35 bits per heavy atom. The molecule has 0 spiro atoms. The van der Waals surface area contributed by atoms with E-state index in [0.29, 0.717) is 0 Å². The van der Waals surface area contributed by atoms with Crippen molar-refractivity contribution in [1.29, 1.82) is 0 Å². The lowest BCUT2D eigenvalue weighted by Crippen LogP contribution is -2.04. The van der Waals surface area contributed by atoms with E-state index in [2.05, 4.69) is 53.2 Å². The molecule has 0 saturated heterocycles. The molecule has 0 fully saturated rings. The van der Waals surface area contributed by atoms with Gasteiger partial charge in [0.25, 0.3) is 0 Å². The third-order valence-electron chi connectivity index (χ3n) is 3.45. The third-order valence-corrected chi connectivity index (χ3v) is 3.82. The molecular formula is C18H16ClN. The second-order valence-electron chi connectivity index (χ2n) is 4.88. The van der Waals surface area contributed by atoms with Crippen LogP contribution < -0.4 is 0 Å². The van der Waals surface area contributed by atoms with E-state index >= 15 is 0 Å². The first-order chi connectivity index (χ1) is 9.83. The smallest absolute Gasteiger partial charge is 0.0487 e. The molecule has 1 heterocycles. The van der Waals surface area contributed by atoms with E-state index in [1.165, 1.54) is 11.3 Å². The monoisotopic (exact) mass is 281 g/mol. The number of nitrogens with zero attached hydrogens (tertiary/aromatic N) is 1. The van der Waals surface area contributed by atoms with Gasteiger partial charge in [0.2, 0.25) is 0 Å². The van der Waals surface area contributed by atoms with Crippen LogP contribution in [0, 0.1) is 0 Å². The van der Waals surface area contributed by atoms with E-state index in [0.717, 1.165) is 23.6 Å². The summed E-state index contributed by atoms with van der Waals surface area (Å²) < 4.78 is 2.26. The topological polar surface area (TPSA) is 4.93 Å². The van der Waals surface area contributed by atoms with Gasteiger partial charge in [0.1, 0.15) is 0 Å². The van der Waals surface area contributed by atoms with Crippen molar-refractivity contribution in [3.63, 3.8) is 0 Å². The van der Waals surface area contributed by atoms with Crippen molar-refractivity contribution in [2.45, 2.75) is 13.0 Å². The molecule has 0 radical (unpaired) electrons. The van der Waals surface area contributed by atoms with E-state index in [-0.39, 0.29) is 0 Å². The first kappa shape index (κ1) is 13.0. The molecule has 100 valence electrons.